The van der Waals surface area contributed by atoms with Gasteiger partial charge in [-0.3, -0.25) is 4.90 Å². The molecule has 4 rings (SSSR count). The van der Waals surface area contributed by atoms with Gasteiger partial charge in [0.15, 0.2) is 11.5 Å². The molecule has 0 radical (unpaired) electrons. The lowest BCUT2D eigenvalue weighted by Gasteiger charge is -2.41. The minimum absolute atomic E-state index is 0.0304. The summed E-state index contributed by atoms with van der Waals surface area (Å²) in [6.07, 6.45) is 11.3. The average molecular weight is 357 g/mol. The molecular formula is C22H31NO3. The second-order valence-corrected chi connectivity index (χ2v) is 8.18. The summed E-state index contributed by atoms with van der Waals surface area (Å²) in [6.45, 7) is 2.28. The van der Waals surface area contributed by atoms with Crippen molar-refractivity contribution in [2.45, 2.75) is 56.1 Å². The Morgan fingerprint density at radius 1 is 1.15 bits per heavy atom. The highest BCUT2D eigenvalue weighted by atomic mass is 16.5. The summed E-state index contributed by atoms with van der Waals surface area (Å²) in [6, 6.07) is 6.68. The number of fused-ring (bicyclic) bond motifs is 1. The topological polar surface area (TPSA) is 41.9 Å². The number of hydrogen-bond donors (Lipinski definition) is 1. The normalized spacial score (nSPS) is 32.0. The average Bonchev–Trinajstić information content (AvgIpc) is 3.30. The minimum atomic E-state index is -0.336. The molecule has 1 N–H and O–H groups in total. The number of ether oxygens (including phenoxy) is 2. The van der Waals surface area contributed by atoms with E-state index in [1.165, 1.54) is 37.8 Å². The largest absolute Gasteiger partial charge is 0.493 e. The minimum Gasteiger partial charge on any atom is -0.493 e. The summed E-state index contributed by atoms with van der Waals surface area (Å²) < 4.78 is 11.0. The third kappa shape index (κ3) is 3.03. The van der Waals surface area contributed by atoms with Crippen molar-refractivity contribution in [3.63, 3.8) is 0 Å². The number of likely N-dealkylation sites (tertiary alicyclic amines) is 1. The molecule has 3 atom stereocenters. The van der Waals surface area contributed by atoms with Crippen LogP contribution in [0.2, 0.25) is 0 Å². The number of rotatable bonds is 5. The van der Waals surface area contributed by atoms with Crippen molar-refractivity contribution in [2.24, 2.45) is 5.92 Å². The first-order valence-corrected chi connectivity index (χ1v) is 10.0. The Bertz CT molecular complexity index is 667. The van der Waals surface area contributed by atoms with Crippen LogP contribution in [0.4, 0.5) is 0 Å². The van der Waals surface area contributed by atoms with Crippen LogP contribution in [0.3, 0.4) is 0 Å². The molecule has 1 aromatic rings. The predicted octanol–water partition coefficient (Wildman–Crippen LogP) is 3.53. The Morgan fingerprint density at radius 2 is 1.92 bits per heavy atom. The lowest BCUT2D eigenvalue weighted by Crippen LogP contribution is -2.47. The summed E-state index contributed by atoms with van der Waals surface area (Å²) in [4.78, 5) is 2.65. The molecule has 142 valence electrons. The van der Waals surface area contributed by atoms with Gasteiger partial charge in [-0.25, -0.2) is 0 Å². The smallest absolute Gasteiger partial charge is 0.161 e. The lowest BCUT2D eigenvalue weighted by molar-refractivity contribution is 0.114. The van der Waals surface area contributed by atoms with Crippen LogP contribution in [0.15, 0.2) is 30.4 Å². The molecule has 2 aliphatic carbocycles. The molecule has 1 unspecified atom stereocenters. The van der Waals surface area contributed by atoms with Gasteiger partial charge >= 0.3 is 0 Å². The standard InChI is InChI=1S/C22H31NO3/c1-25-19-8-7-17(13-20(19)26-2)22-10-9-18(24)14-21(22)23(12-11-22)15-16-5-3-4-6-16/h7-10,13,16,18,21,24H,3-6,11-12,14-15H2,1-2H3/t18-,21?,22-/m0/s1. The van der Waals surface area contributed by atoms with Crippen LogP contribution in [0.25, 0.3) is 0 Å². The Balaban J connectivity index is 1.66. The van der Waals surface area contributed by atoms with Crippen LogP contribution in [-0.2, 0) is 5.41 Å². The molecule has 0 bridgehead atoms. The number of methoxy groups -OCH3 is 2. The molecule has 1 heterocycles. The van der Waals surface area contributed by atoms with E-state index >= 15 is 0 Å². The van der Waals surface area contributed by atoms with Gasteiger partial charge in [0.2, 0.25) is 0 Å². The Morgan fingerprint density at radius 3 is 2.65 bits per heavy atom. The van der Waals surface area contributed by atoms with Crippen LogP contribution >= 0.6 is 0 Å². The van der Waals surface area contributed by atoms with Crippen molar-refractivity contribution >= 4 is 0 Å². The number of benzene rings is 1. The van der Waals surface area contributed by atoms with E-state index in [4.69, 9.17) is 9.47 Å². The molecule has 2 fully saturated rings. The third-order valence-electron chi connectivity index (χ3n) is 6.82. The number of aliphatic hydroxyl groups is 1. The molecule has 1 aromatic carbocycles. The maximum atomic E-state index is 10.3. The first-order chi connectivity index (χ1) is 12.7. The highest BCUT2D eigenvalue weighted by molar-refractivity contribution is 5.48. The number of hydrogen-bond acceptors (Lipinski definition) is 4. The SMILES string of the molecule is COc1ccc([C@@]23C=C[C@H](O)CC2N(CC2CCCC2)CC3)cc1OC. The monoisotopic (exact) mass is 357 g/mol. The van der Waals surface area contributed by atoms with Crippen molar-refractivity contribution in [3.8, 4) is 11.5 Å². The van der Waals surface area contributed by atoms with E-state index in [0.717, 1.165) is 36.8 Å². The zero-order valence-electron chi connectivity index (χ0n) is 16.0. The van der Waals surface area contributed by atoms with Gasteiger partial charge < -0.3 is 14.6 Å². The highest BCUT2D eigenvalue weighted by Crippen LogP contribution is 2.48. The second-order valence-electron chi connectivity index (χ2n) is 8.18. The predicted molar refractivity (Wildman–Crippen MR) is 103 cm³/mol. The molecule has 1 aliphatic heterocycles. The van der Waals surface area contributed by atoms with E-state index in [1.807, 2.05) is 12.1 Å². The molecule has 3 aliphatic rings. The van der Waals surface area contributed by atoms with E-state index in [0.29, 0.717) is 6.04 Å². The van der Waals surface area contributed by atoms with Crippen LogP contribution in [-0.4, -0.2) is 49.5 Å². The van der Waals surface area contributed by atoms with Crippen molar-refractivity contribution in [1.82, 2.24) is 4.90 Å². The van der Waals surface area contributed by atoms with Gasteiger partial charge in [0.05, 0.1) is 20.3 Å². The fourth-order valence-electron chi connectivity index (χ4n) is 5.42. The molecule has 26 heavy (non-hydrogen) atoms. The third-order valence-corrected chi connectivity index (χ3v) is 6.82. The van der Waals surface area contributed by atoms with E-state index in [-0.39, 0.29) is 11.5 Å². The lowest BCUT2D eigenvalue weighted by atomic mass is 9.69. The highest BCUT2D eigenvalue weighted by Gasteiger charge is 2.49. The van der Waals surface area contributed by atoms with Gasteiger partial charge in [0, 0.05) is 18.0 Å². The Kier molecular flexibility index (Phi) is 4.98. The van der Waals surface area contributed by atoms with Crippen molar-refractivity contribution < 1.29 is 14.6 Å². The Labute approximate surface area is 156 Å². The zero-order valence-corrected chi connectivity index (χ0v) is 16.0. The summed E-state index contributed by atoms with van der Waals surface area (Å²) in [5.41, 5.74) is 1.24. The molecule has 1 saturated heterocycles. The molecule has 4 heteroatoms. The maximum absolute atomic E-state index is 10.3. The molecule has 1 saturated carbocycles. The first-order valence-electron chi connectivity index (χ1n) is 10.0. The van der Waals surface area contributed by atoms with Gasteiger partial charge in [0.25, 0.3) is 0 Å². The first kappa shape index (κ1) is 17.9. The van der Waals surface area contributed by atoms with Gasteiger partial charge in [0.1, 0.15) is 0 Å². The number of nitrogens with zero attached hydrogens (tertiary/aromatic N) is 1. The second kappa shape index (κ2) is 7.24. The van der Waals surface area contributed by atoms with E-state index < -0.39 is 0 Å². The van der Waals surface area contributed by atoms with E-state index in [2.05, 4.69) is 23.1 Å². The van der Waals surface area contributed by atoms with E-state index in [1.54, 1.807) is 14.2 Å². The summed E-state index contributed by atoms with van der Waals surface area (Å²) >= 11 is 0. The molecule has 0 aromatic heterocycles. The summed E-state index contributed by atoms with van der Waals surface area (Å²) in [7, 11) is 3.37. The summed E-state index contributed by atoms with van der Waals surface area (Å²) in [5, 5.41) is 10.3. The zero-order chi connectivity index (χ0) is 18.1. The van der Waals surface area contributed by atoms with Crippen LogP contribution in [0.5, 0.6) is 11.5 Å². The fraction of sp³-hybridized carbons (Fsp3) is 0.636. The fourth-order valence-corrected chi connectivity index (χ4v) is 5.42. The van der Waals surface area contributed by atoms with Gasteiger partial charge in [-0.1, -0.05) is 31.1 Å². The quantitative estimate of drug-likeness (QED) is 0.819. The van der Waals surface area contributed by atoms with E-state index in [9.17, 15) is 5.11 Å². The van der Waals surface area contributed by atoms with Gasteiger partial charge in [-0.2, -0.15) is 0 Å². The van der Waals surface area contributed by atoms with Gasteiger partial charge in [-0.15, -0.1) is 0 Å². The molecule has 0 spiro atoms. The van der Waals surface area contributed by atoms with Crippen LogP contribution in [0, 0.1) is 5.92 Å². The summed E-state index contributed by atoms with van der Waals surface area (Å²) in [5.74, 6) is 2.39. The van der Waals surface area contributed by atoms with Crippen molar-refractivity contribution in [3.05, 3.63) is 35.9 Å². The number of aliphatic hydroxyl groups excluding tert-OH is 1. The molecule has 4 nitrogen and oxygen atoms in total. The van der Waals surface area contributed by atoms with Crippen LogP contribution < -0.4 is 9.47 Å². The maximum Gasteiger partial charge on any atom is 0.161 e. The van der Waals surface area contributed by atoms with Gasteiger partial charge in [-0.05, 0) is 55.8 Å². The Hall–Kier alpha value is -1.52. The molecular weight excluding hydrogens is 326 g/mol. The molecule has 0 amide bonds. The van der Waals surface area contributed by atoms with Crippen molar-refractivity contribution in [1.29, 1.82) is 0 Å². The van der Waals surface area contributed by atoms with Crippen LogP contribution in [0.1, 0.15) is 44.1 Å². The van der Waals surface area contributed by atoms with Crippen molar-refractivity contribution in [2.75, 3.05) is 27.3 Å².